The Balaban J connectivity index is 2.82. The van der Waals surface area contributed by atoms with E-state index in [4.69, 9.17) is 11.6 Å². The Labute approximate surface area is 87.7 Å². The number of hydrogen-bond donors (Lipinski definition) is 1. The molecule has 0 aliphatic rings. The van der Waals surface area contributed by atoms with Gasteiger partial charge in [0.05, 0.1) is 17.1 Å². The molecule has 0 saturated heterocycles. The largest absolute Gasteiger partial charge is 0.392 e. The minimum atomic E-state index is 0.0594. The predicted molar refractivity (Wildman–Crippen MR) is 58.5 cm³/mol. The van der Waals surface area contributed by atoms with E-state index in [0.29, 0.717) is 0 Å². The van der Waals surface area contributed by atoms with Crippen LogP contribution in [0.1, 0.15) is 12.5 Å². The molecule has 0 aliphatic heterocycles. The molecule has 2 rings (SSSR count). The van der Waals surface area contributed by atoms with Crippen LogP contribution in [-0.2, 0) is 13.2 Å². The van der Waals surface area contributed by atoms with Crippen molar-refractivity contribution in [3.05, 3.63) is 35.0 Å². The van der Waals surface area contributed by atoms with E-state index in [2.05, 4.69) is 11.5 Å². The molecule has 0 aliphatic carbocycles. The van der Waals surface area contributed by atoms with Gasteiger partial charge in [-0.05, 0) is 13.0 Å². The van der Waals surface area contributed by atoms with Crippen LogP contribution in [0.15, 0.2) is 24.4 Å². The SMILES string of the molecule is CCn1cc(CO)c2cccc(Cl)c21. The number of benzene rings is 1. The molecule has 2 nitrogen and oxygen atoms in total. The zero-order valence-electron chi connectivity index (χ0n) is 8.00. The molecule has 0 bridgehead atoms. The van der Waals surface area contributed by atoms with Gasteiger partial charge in [0.15, 0.2) is 0 Å². The first-order valence-corrected chi connectivity index (χ1v) is 5.02. The number of para-hydroxylation sites is 1. The van der Waals surface area contributed by atoms with Gasteiger partial charge in [-0.2, -0.15) is 0 Å². The first-order valence-electron chi connectivity index (χ1n) is 4.65. The van der Waals surface area contributed by atoms with E-state index in [1.807, 2.05) is 24.4 Å². The summed E-state index contributed by atoms with van der Waals surface area (Å²) < 4.78 is 2.06. The summed E-state index contributed by atoms with van der Waals surface area (Å²) in [4.78, 5) is 0. The fraction of sp³-hybridized carbons (Fsp3) is 0.273. The number of hydrogen-bond acceptors (Lipinski definition) is 1. The van der Waals surface area contributed by atoms with Crippen molar-refractivity contribution in [3.8, 4) is 0 Å². The lowest BCUT2D eigenvalue weighted by atomic mass is 10.2. The van der Waals surface area contributed by atoms with Gasteiger partial charge < -0.3 is 9.67 Å². The lowest BCUT2D eigenvalue weighted by Crippen LogP contribution is -1.90. The molecule has 0 amide bonds. The number of rotatable bonds is 2. The van der Waals surface area contributed by atoms with E-state index in [-0.39, 0.29) is 6.61 Å². The molecule has 0 radical (unpaired) electrons. The van der Waals surface area contributed by atoms with Crippen LogP contribution in [0.3, 0.4) is 0 Å². The van der Waals surface area contributed by atoms with Crippen molar-refractivity contribution in [2.24, 2.45) is 0 Å². The minimum absolute atomic E-state index is 0.0594. The van der Waals surface area contributed by atoms with E-state index in [1.54, 1.807) is 0 Å². The monoisotopic (exact) mass is 209 g/mol. The number of aliphatic hydroxyl groups is 1. The second-order valence-electron chi connectivity index (χ2n) is 3.23. The molecule has 0 saturated carbocycles. The molecule has 1 aromatic heterocycles. The molecule has 0 unspecified atom stereocenters. The summed E-state index contributed by atoms with van der Waals surface area (Å²) in [6.07, 6.45) is 1.95. The highest BCUT2D eigenvalue weighted by atomic mass is 35.5. The average Bonchev–Trinajstić information content (AvgIpc) is 2.57. The van der Waals surface area contributed by atoms with Gasteiger partial charge >= 0.3 is 0 Å². The van der Waals surface area contributed by atoms with Crippen molar-refractivity contribution in [1.29, 1.82) is 0 Å². The third-order valence-corrected chi connectivity index (χ3v) is 2.75. The molecule has 2 aromatic rings. The number of halogens is 1. The average molecular weight is 210 g/mol. The van der Waals surface area contributed by atoms with E-state index in [0.717, 1.165) is 28.0 Å². The summed E-state index contributed by atoms with van der Waals surface area (Å²) in [7, 11) is 0. The quantitative estimate of drug-likeness (QED) is 0.809. The Kier molecular flexibility index (Phi) is 2.48. The maximum absolute atomic E-state index is 9.18. The minimum Gasteiger partial charge on any atom is -0.392 e. The van der Waals surface area contributed by atoms with Gasteiger partial charge in [-0.3, -0.25) is 0 Å². The second kappa shape index (κ2) is 3.64. The number of aliphatic hydroxyl groups excluding tert-OH is 1. The first-order chi connectivity index (χ1) is 6.77. The molecule has 1 N–H and O–H groups in total. The van der Waals surface area contributed by atoms with Gasteiger partial charge in [0.1, 0.15) is 0 Å². The van der Waals surface area contributed by atoms with Crippen LogP contribution in [0.25, 0.3) is 10.9 Å². The third kappa shape index (κ3) is 1.31. The smallest absolute Gasteiger partial charge is 0.0702 e. The van der Waals surface area contributed by atoms with E-state index in [1.165, 1.54) is 0 Å². The Morgan fingerprint density at radius 1 is 1.43 bits per heavy atom. The zero-order chi connectivity index (χ0) is 10.1. The van der Waals surface area contributed by atoms with Gasteiger partial charge in [-0.25, -0.2) is 0 Å². The van der Waals surface area contributed by atoms with Crippen LogP contribution in [-0.4, -0.2) is 9.67 Å². The Hall–Kier alpha value is -0.990. The summed E-state index contributed by atoms with van der Waals surface area (Å²) in [6.45, 7) is 2.98. The van der Waals surface area contributed by atoms with Crippen molar-refractivity contribution in [3.63, 3.8) is 0 Å². The lowest BCUT2D eigenvalue weighted by molar-refractivity contribution is 0.283. The van der Waals surface area contributed by atoms with Crippen LogP contribution in [0.4, 0.5) is 0 Å². The van der Waals surface area contributed by atoms with Crippen LogP contribution < -0.4 is 0 Å². The number of nitrogens with zero attached hydrogens (tertiary/aromatic N) is 1. The standard InChI is InChI=1S/C11H12ClNO/c1-2-13-6-8(7-14)9-4-3-5-10(12)11(9)13/h3-6,14H,2,7H2,1H3. The van der Waals surface area contributed by atoms with Crippen molar-refractivity contribution >= 4 is 22.5 Å². The van der Waals surface area contributed by atoms with Gasteiger partial charge in [0.2, 0.25) is 0 Å². The van der Waals surface area contributed by atoms with E-state index >= 15 is 0 Å². The van der Waals surface area contributed by atoms with Gasteiger partial charge in [-0.15, -0.1) is 0 Å². The molecular formula is C11H12ClNO. The Morgan fingerprint density at radius 2 is 2.21 bits per heavy atom. The lowest BCUT2D eigenvalue weighted by Gasteiger charge is -2.01. The van der Waals surface area contributed by atoms with E-state index < -0.39 is 0 Å². The predicted octanol–water partition coefficient (Wildman–Crippen LogP) is 2.81. The number of aryl methyl sites for hydroxylation is 1. The molecule has 0 fully saturated rings. The summed E-state index contributed by atoms with van der Waals surface area (Å²) >= 11 is 6.11. The molecule has 1 aromatic carbocycles. The van der Waals surface area contributed by atoms with Crippen LogP contribution in [0.5, 0.6) is 0 Å². The fourth-order valence-corrected chi connectivity index (χ4v) is 2.05. The number of fused-ring (bicyclic) bond motifs is 1. The highest BCUT2D eigenvalue weighted by Crippen LogP contribution is 2.27. The topological polar surface area (TPSA) is 25.2 Å². The van der Waals surface area contributed by atoms with Gasteiger partial charge in [0.25, 0.3) is 0 Å². The van der Waals surface area contributed by atoms with Gasteiger partial charge in [0, 0.05) is 23.7 Å². The number of aromatic nitrogens is 1. The maximum Gasteiger partial charge on any atom is 0.0702 e. The second-order valence-corrected chi connectivity index (χ2v) is 3.64. The van der Waals surface area contributed by atoms with Crippen molar-refractivity contribution in [2.75, 3.05) is 0 Å². The molecule has 3 heteroatoms. The molecule has 74 valence electrons. The summed E-state index contributed by atoms with van der Waals surface area (Å²) in [5.41, 5.74) is 1.95. The highest BCUT2D eigenvalue weighted by Gasteiger charge is 2.08. The highest BCUT2D eigenvalue weighted by molar-refractivity contribution is 6.35. The molecule has 14 heavy (non-hydrogen) atoms. The van der Waals surface area contributed by atoms with Crippen LogP contribution >= 0.6 is 11.6 Å². The van der Waals surface area contributed by atoms with E-state index in [9.17, 15) is 5.11 Å². The normalized spacial score (nSPS) is 11.1. The van der Waals surface area contributed by atoms with Gasteiger partial charge in [-0.1, -0.05) is 23.7 Å². The molecule has 0 atom stereocenters. The summed E-state index contributed by atoms with van der Waals surface area (Å²) in [5.74, 6) is 0. The molecule has 1 heterocycles. The molecule has 0 spiro atoms. The van der Waals surface area contributed by atoms with Crippen molar-refractivity contribution < 1.29 is 5.11 Å². The van der Waals surface area contributed by atoms with Crippen LogP contribution in [0, 0.1) is 0 Å². The third-order valence-electron chi connectivity index (χ3n) is 2.44. The Bertz CT molecular complexity index is 462. The summed E-state index contributed by atoms with van der Waals surface area (Å²) in [5, 5.41) is 11.0. The Morgan fingerprint density at radius 3 is 2.86 bits per heavy atom. The maximum atomic E-state index is 9.18. The fourth-order valence-electron chi connectivity index (χ4n) is 1.76. The summed E-state index contributed by atoms with van der Waals surface area (Å²) in [6, 6.07) is 5.76. The zero-order valence-corrected chi connectivity index (χ0v) is 8.75. The van der Waals surface area contributed by atoms with Crippen molar-refractivity contribution in [1.82, 2.24) is 4.57 Å². The van der Waals surface area contributed by atoms with Crippen LogP contribution in [0.2, 0.25) is 5.02 Å². The van der Waals surface area contributed by atoms with Crippen molar-refractivity contribution in [2.45, 2.75) is 20.1 Å². The molecular weight excluding hydrogens is 198 g/mol. The first kappa shape index (κ1) is 9.56.